The lowest BCUT2D eigenvalue weighted by Gasteiger charge is -2.34. The first-order valence-electron chi connectivity index (χ1n) is 9.94. The van der Waals surface area contributed by atoms with E-state index < -0.39 is 10.8 Å². The summed E-state index contributed by atoms with van der Waals surface area (Å²) >= 11 is 5.52. The molecule has 156 valence electrons. The van der Waals surface area contributed by atoms with Crippen molar-refractivity contribution in [2.24, 2.45) is 0 Å². The van der Waals surface area contributed by atoms with E-state index in [0.29, 0.717) is 65.5 Å². The molecule has 2 heterocycles. The van der Waals surface area contributed by atoms with Crippen LogP contribution in [0, 0.1) is 14.9 Å². The number of benzene rings is 1. The van der Waals surface area contributed by atoms with Gasteiger partial charge in [0, 0.05) is 43.6 Å². The van der Waals surface area contributed by atoms with E-state index in [1.807, 2.05) is 13.8 Å². The molecule has 0 amide bonds. The molecule has 30 heavy (non-hydrogen) atoms. The first kappa shape index (κ1) is 20.2. The predicted molar refractivity (Wildman–Crippen MR) is 112 cm³/mol. The van der Waals surface area contributed by atoms with Crippen LogP contribution in [0.15, 0.2) is 40.4 Å². The summed E-state index contributed by atoms with van der Waals surface area (Å²) in [6.07, 6.45) is 1.66. The number of nitro benzene ring substituents is 1. The standard InChI is InChI=1S/C21H21N3O5S/c1-3-22-19(26)18-16(12-8-10-13(11-9-12)24(27)28)17-14(25)6-5-7-15(17)29-20(18)23(4-2)21(22)30/h8-11,16H,3-7H2,1-2H3. The van der Waals surface area contributed by atoms with Crippen molar-refractivity contribution >= 4 is 23.7 Å². The Hall–Kier alpha value is -3.07. The van der Waals surface area contributed by atoms with Gasteiger partial charge in [0.2, 0.25) is 5.88 Å². The number of carbonyl (C=O) groups excluding carboxylic acids is 1. The molecule has 0 bridgehead atoms. The van der Waals surface area contributed by atoms with Crippen molar-refractivity contribution in [3.8, 4) is 5.88 Å². The third-order valence-corrected chi connectivity index (χ3v) is 6.13. The van der Waals surface area contributed by atoms with Gasteiger partial charge in [0.1, 0.15) is 5.76 Å². The number of aromatic nitrogens is 2. The van der Waals surface area contributed by atoms with Crippen LogP contribution in [0.2, 0.25) is 0 Å². The van der Waals surface area contributed by atoms with Gasteiger partial charge in [-0.25, -0.2) is 0 Å². The van der Waals surface area contributed by atoms with Crippen LogP contribution in [-0.2, 0) is 17.9 Å². The SMILES string of the molecule is CCn1c2c(c(=O)n(CC)c1=S)C(c1ccc([N+](=O)[O-])cc1)C1=C(CCCC1=O)O2. The lowest BCUT2D eigenvalue weighted by atomic mass is 9.78. The largest absolute Gasteiger partial charge is 0.444 e. The van der Waals surface area contributed by atoms with Gasteiger partial charge in [0.15, 0.2) is 10.6 Å². The van der Waals surface area contributed by atoms with Crippen LogP contribution in [0.25, 0.3) is 0 Å². The number of fused-ring (bicyclic) bond motifs is 1. The summed E-state index contributed by atoms with van der Waals surface area (Å²) in [5.74, 6) is 0.232. The van der Waals surface area contributed by atoms with Crippen LogP contribution >= 0.6 is 12.2 Å². The molecule has 1 aromatic carbocycles. The summed E-state index contributed by atoms with van der Waals surface area (Å²) in [7, 11) is 0. The zero-order chi connectivity index (χ0) is 21.6. The fourth-order valence-electron chi connectivity index (χ4n) is 4.26. The van der Waals surface area contributed by atoms with Crippen molar-refractivity contribution in [1.29, 1.82) is 0 Å². The minimum atomic E-state index is -0.643. The van der Waals surface area contributed by atoms with E-state index in [9.17, 15) is 19.7 Å². The van der Waals surface area contributed by atoms with Gasteiger partial charge in [-0.2, -0.15) is 0 Å². The Morgan fingerprint density at radius 1 is 1.13 bits per heavy atom. The minimum absolute atomic E-state index is 0.0503. The molecule has 1 unspecified atom stereocenters. The highest BCUT2D eigenvalue weighted by Crippen LogP contribution is 2.45. The average molecular weight is 427 g/mol. The Morgan fingerprint density at radius 2 is 1.80 bits per heavy atom. The van der Waals surface area contributed by atoms with Crippen molar-refractivity contribution in [1.82, 2.24) is 9.13 Å². The molecule has 0 fully saturated rings. The molecule has 0 saturated carbocycles. The summed E-state index contributed by atoms with van der Waals surface area (Å²) in [5, 5.41) is 11.1. The van der Waals surface area contributed by atoms with Crippen LogP contribution in [0.1, 0.15) is 50.2 Å². The molecule has 0 N–H and O–H groups in total. The molecule has 8 nitrogen and oxygen atoms in total. The van der Waals surface area contributed by atoms with Crippen LogP contribution in [0.4, 0.5) is 5.69 Å². The molecule has 2 aliphatic rings. The van der Waals surface area contributed by atoms with Gasteiger partial charge in [-0.15, -0.1) is 0 Å². The van der Waals surface area contributed by atoms with E-state index in [1.54, 1.807) is 16.7 Å². The van der Waals surface area contributed by atoms with Crippen LogP contribution < -0.4 is 10.3 Å². The molecule has 9 heteroatoms. The Balaban J connectivity index is 2.05. The van der Waals surface area contributed by atoms with E-state index in [2.05, 4.69) is 0 Å². The van der Waals surface area contributed by atoms with E-state index in [0.717, 1.165) is 0 Å². The number of nitro groups is 1. The fourth-order valence-corrected chi connectivity index (χ4v) is 4.69. The Morgan fingerprint density at radius 3 is 2.40 bits per heavy atom. The average Bonchev–Trinajstić information content (AvgIpc) is 2.73. The number of allylic oxidation sites excluding steroid dienone is 2. The van der Waals surface area contributed by atoms with Gasteiger partial charge in [0.25, 0.3) is 11.2 Å². The van der Waals surface area contributed by atoms with Gasteiger partial charge < -0.3 is 4.74 Å². The summed E-state index contributed by atoms with van der Waals surface area (Å²) in [6.45, 7) is 4.65. The topological polar surface area (TPSA) is 96.4 Å². The second-order valence-corrected chi connectivity index (χ2v) is 7.66. The first-order valence-corrected chi connectivity index (χ1v) is 10.4. The van der Waals surface area contributed by atoms with Gasteiger partial charge in [-0.05, 0) is 38.0 Å². The van der Waals surface area contributed by atoms with E-state index in [4.69, 9.17) is 17.0 Å². The maximum atomic E-state index is 13.4. The molecule has 1 aliphatic heterocycles. The molecular formula is C21H21N3O5S. The van der Waals surface area contributed by atoms with Crippen molar-refractivity contribution in [2.45, 2.75) is 52.1 Å². The number of Topliss-reactive ketones (excluding diaryl/α,β-unsaturated/α-hetero) is 1. The minimum Gasteiger partial charge on any atom is -0.444 e. The number of hydrogen-bond donors (Lipinski definition) is 0. The number of rotatable bonds is 4. The highest BCUT2D eigenvalue weighted by molar-refractivity contribution is 7.71. The van der Waals surface area contributed by atoms with Gasteiger partial charge in [0.05, 0.1) is 16.4 Å². The third-order valence-electron chi connectivity index (χ3n) is 5.69. The number of ether oxygens (including phenoxy) is 1. The molecule has 1 aliphatic carbocycles. The highest BCUT2D eigenvalue weighted by atomic mass is 32.1. The van der Waals surface area contributed by atoms with Crippen LogP contribution in [-0.4, -0.2) is 19.8 Å². The number of carbonyl (C=O) groups is 1. The van der Waals surface area contributed by atoms with Gasteiger partial charge in [-0.1, -0.05) is 12.1 Å². The zero-order valence-corrected chi connectivity index (χ0v) is 17.5. The molecule has 4 rings (SSSR count). The van der Waals surface area contributed by atoms with E-state index in [1.165, 1.54) is 16.7 Å². The third kappa shape index (κ3) is 3.00. The summed E-state index contributed by atoms with van der Waals surface area (Å²) in [5.41, 5.74) is 1.13. The summed E-state index contributed by atoms with van der Waals surface area (Å²) < 4.78 is 9.78. The number of hydrogen-bond acceptors (Lipinski definition) is 6. The predicted octanol–water partition coefficient (Wildman–Crippen LogP) is 3.86. The lowest BCUT2D eigenvalue weighted by molar-refractivity contribution is -0.384. The summed E-state index contributed by atoms with van der Waals surface area (Å²) in [6, 6.07) is 6.01. The molecule has 0 saturated heterocycles. The molecule has 2 aromatic rings. The molecular weight excluding hydrogens is 406 g/mol. The summed E-state index contributed by atoms with van der Waals surface area (Å²) in [4.78, 5) is 36.9. The molecule has 0 spiro atoms. The zero-order valence-electron chi connectivity index (χ0n) is 16.7. The monoisotopic (exact) mass is 427 g/mol. The van der Waals surface area contributed by atoms with E-state index in [-0.39, 0.29) is 17.0 Å². The Kier molecular flexibility index (Phi) is 5.15. The van der Waals surface area contributed by atoms with E-state index >= 15 is 0 Å². The van der Waals surface area contributed by atoms with Gasteiger partial charge in [-0.3, -0.25) is 28.8 Å². The lowest BCUT2D eigenvalue weighted by Crippen LogP contribution is -2.36. The normalized spacial score (nSPS) is 17.9. The number of non-ortho nitro benzene ring substituents is 1. The van der Waals surface area contributed by atoms with Gasteiger partial charge >= 0.3 is 0 Å². The molecule has 1 aromatic heterocycles. The second-order valence-electron chi connectivity index (χ2n) is 7.29. The van der Waals surface area contributed by atoms with Crippen LogP contribution in [0.3, 0.4) is 0 Å². The van der Waals surface area contributed by atoms with Crippen molar-refractivity contribution in [3.63, 3.8) is 0 Å². The number of nitrogens with zero attached hydrogens (tertiary/aromatic N) is 3. The maximum Gasteiger partial charge on any atom is 0.269 e. The smallest absolute Gasteiger partial charge is 0.269 e. The van der Waals surface area contributed by atoms with Crippen molar-refractivity contribution < 1.29 is 14.5 Å². The molecule has 1 atom stereocenters. The van der Waals surface area contributed by atoms with Crippen molar-refractivity contribution in [3.05, 3.63) is 72.0 Å². The quantitative estimate of drug-likeness (QED) is 0.418. The Bertz CT molecular complexity index is 1210. The fraction of sp³-hybridized carbons (Fsp3) is 0.381. The first-order chi connectivity index (χ1) is 14.4. The van der Waals surface area contributed by atoms with Crippen LogP contribution in [0.5, 0.6) is 5.88 Å². The highest BCUT2D eigenvalue weighted by Gasteiger charge is 2.40. The second kappa shape index (κ2) is 7.64. The Labute approximate surface area is 177 Å². The van der Waals surface area contributed by atoms with Crippen molar-refractivity contribution in [2.75, 3.05) is 0 Å². The number of ketones is 1. The molecule has 0 radical (unpaired) electrons. The maximum absolute atomic E-state index is 13.4.